The van der Waals surface area contributed by atoms with Crippen molar-refractivity contribution < 1.29 is 4.42 Å². The molecule has 0 fully saturated rings. The van der Waals surface area contributed by atoms with Crippen LogP contribution in [0.1, 0.15) is 19.2 Å². The Morgan fingerprint density at radius 2 is 2.00 bits per heavy atom. The number of nitrogens with two attached hydrogens (primary N) is 1. The van der Waals surface area contributed by atoms with Crippen molar-refractivity contribution in [2.45, 2.75) is 19.8 Å². The fourth-order valence-electron chi connectivity index (χ4n) is 1.50. The SMILES string of the molecule is CCCc1nc(N)c(-c2ccccc2)o1. The van der Waals surface area contributed by atoms with Gasteiger partial charge in [0.15, 0.2) is 17.5 Å². The van der Waals surface area contributed by atoms with Crippen LogP contribution in [0, 0.1) is 0 Å². The zero-order valence-electron chi connectivity index (χ0n) is 8.73. The van der Waals surface area contributed by atoms with Gasteiger partial charge in [0.05, 0.1) is 0 Å². The predicted molar refractivity (Wildman–Crippen MR) is 60.3 cm³/mol. The van der Waals surface area contributed by atoms with E-state index < -0.39 is 0 Å². The second kappa shape index (κ2) is 4.17. The number of hydrogen-bond acceptors (Lipinski definition) is 3. The zero-order chi connectivity index (χ0) is 10.7. The van der Waals surface area contributed by atoms with Crippen molar-refractivity contribution in [1.82, 2.24) is 4.98 Å². The Labute approximate surface area is 88.9 Å². The molecule has 3 nitrogen and oxygen atoms in total. The monoisotopic (exact) mass is 202 g/mol. The lowest BCUT2D eigenvalue weighted by Gasteiger charge is -1.95. The summed E-state index contributed by atoms with van der Waals surface area (Å²) in [5.41, 5.74) is 6.78. The van der Waals surface area contributed by atoms with Gasteiger partial charge in [0.25, 0.3) is 0 Å². The Bertz CT molecular complexity index is 434. The predicted octanol–water partition coefficient (Wildman–Crippen LogP) is 2.88. The van der Waals surface area contributed by atoms with E-state index in [1.807, 2.05) is 30.3 Å². The minimum absolute atomic E-state index is 0.477. The molecule has 0 aliphatic carbocycles. The van der Waals surface area contributed by atoms with E-state index in [0.29, 0.717) is 17.5 Å². The van der Waals surface area contributed by atoms with Crippen LogP contribution < -0.4 is 5.73 Å². The highest BCUT2D eigenvalue weighted by atomic mass is 16.4. The molecular formula is C12H14N2O. The fourth-order valence-corrected chi connectivity index (χ4v) is 1.50. The summed E-state index contributed by atoms with van der Waals surface area (Å²) < 4.78 is 5.60. The summed E-state index contributed by atoms with van der Waals surface area (Å²) >= 11 is 0. The Hall–Kier alpha value is -1.77. The number of oxazole rings is 1. The van der Waals surface area contributed by atoms with E-state index in [0.717, 1.165) is 18.4 Å². The molecule has 0 radical (unpaired) electrons. The first kappa shape index (κ1) is 9.77. The van der Waals surface area contributed by atoms with E-state index in [4.69, 9.17) is 10.2 Å². The molecule has 1 aromatic heterocycles. The van der Waals surface area contributed by atoms with Gasteiger partial charge >= 0.3 is 0 Å². The molecule has 0 aliphatic heterocycles. The average Bonchev–Trinajstić information content (AvgIpc) is 2.61. The maximum atomic E-state index is 5.80. The lowest BCUT2D eigenvalue weighted by atomic mass is 10.2. The fraction of sp³-hybridized carbons (Fsp3) is 0.250. The van der Waals surface area contributed by atoms with Gasteiger partial charge in [0.2, 0.25) is 0 Å². The van der Waals surface area contributed by atoms with E-state index in [2.05, 4.69) is 11.9 Å². The normalized spacial score (nSPS) is 10.5. The lowest BCUT2D eigenvalue weighted by Crippen LogP contribution is -1.88. The highest BCUT2D eigenvalue weighted by molar-refractivity contribution is 5.67. The number of benzene rings is 1. The van der Waals surface area contributed by atoms with Crippen LogP contribution in [-0.4, -0.2) is 4.98 Å². The Balaban J connectivity index is 2.36. The van der Waals surface area contributed by atoms with Crippen molar-refractivity contribution in [3.63, 3.8) is 0 Å². The molecule has 0 saturated carbocycles. The number of hydrogen-bond donors (Lipinski definition) is 1. The number of nitrogen functional groups attached to an aromatic ring is 1. The summed E-state index contributed by atoms with van der Waals surface area (Å²) in [5, 5.41) is 0. The molecule has 0 bridgehead atoms. The van der Waals surface area contributed by atoms with Crippen LogP contribution in [0.4, 0.5) is 5.82 Å². The van der Waals surface area contributed by atoms with Crippen LogP contribution in [0.2, 0.25) is 0 Å². The van der Waals surface area contributed by atoms with Crippen LogP contribution in [-0.2, 0) is 6.42 Å². The van der Waals surface area contributed by atoms with Crippen LogP contribution in [0.15, 0.2) is 34.7 Å². The van der Waals surface area contributed by atoms with Crippen molar-refractivity contribution >= 4 is 5.82 Å². The molecule has 0 saturated heterocycles. The summed E-state index contributed by atoms with van der Waals surface area (Å²) in [6, 6.07) is 9.80. The Morgan fingerprint density at radius 1 is 1.27 bits per heavy atom. The summed E-state index contributed by atoms with van der Waals surface area (Å²) in [4.78, 5) is 4.19. The second-order valence-corrected chi connectivity index (χ2v) is 3.44. The van der Waals surface area contributed by atoms with E-state index in [1.54, 1.807) is 0 Å². The Morgan fingerprint density at radius 3 is 2.67 bits per heavy atom. The van der Waals surface area contributed by atoms with Crippen molar-refractivity contribution in [2.24, 2.45) is 0 Å². The molecule has 1 aromatic carbocycles. The van der Waals surface area contributed by atoms with Crippen LogP contribution in [0.5, 0.6) is 0 Å². The number of nitrogens with zero attached hydrogens (tertiary/aromatic N) is 1. The maximum Gasteiger partial charge on any atom is 0.196 e. The molecule has 78 valence electrons. The molecule has 0 unspecified atom stereocenters. The highest BCUT2D eigenvalue weighted by Crippen LogP contribution is 2.26. The molecule has 2 N–H and O–H groups in total. The summed E-state index contributed by atoms with van der Waals surface area (Å²) in [6.07, 6.45) is 1.84. The summed E-state index contributed by atoms with van der Waals surface area (Å²) in [7, 11) is 0. The van der Waals surface area contributed by atoms with Crippen molar-refractivity contribution in [3.8, 4) is 11.3 Å². The minimum Gasteiger partial charge on any atom is -0.438 e. The van der Waals surface area contributed by atoms with E-state index >= 15 is 0 Å². The number of aryl methyl sites for hydroxylation is 1. The molecule has 3 heteroatoms. The third-order valence-corrected chi connectivity index (χ3v) is 2.20. The Kier molecular flexibility index (Phi) is 2.72. The second-order valence-electron chi connectivity index (χ2n) is 3.44. The smallest absolute Gasteiger partial charge is 0.196 e. The standard InChI is InChI=1S/C12H14N2O/c1-2-6-10-14-12(13)11(15-10)9-7-4-3-5-8-9/h3-5,7-8H,2,6,13H2,1H3. The number of rotatable bonds is 3. The maximum absolute atomic E-state index is 5.80. The third-order valence-electron chi connectivity index (χ3n) is 2.20. The first-order chi connectivity index (χ1) is 7.31. The van der Waals surface area contributed by atoms with Gasteiger partial charge < -0.3 is 10.2 Å². The highest BCUT2D eigenvalue weighted by Gasteiger charge is 2.11. The molecule has 0 spiro atoms. The van der Waals surface area contributed by atoms with Gasteiger partial charge in [0.1, 0.15) is 0 Å². The van der Waals surface area contributed by atoms with Crippen molar-refractivity contribution in [3.05, 3.63) is 36.2 Å². The van der Waals surface area contributed by atoms with Crippen molar-refractivity contribution in [2.75, 3.05) is 5.73 Å². The van der Waals surface area contributed by atoms with E-state index in [-0.39, 0.29) is 0 Å². The van der Waals surface area contributed by atoms with Crippen LogP contribution in [0.3, 0.4) is 0 Å². The van der Waals surface area contributed by atoms with Gasteiger partial charge in [-0.25, -0.2) is 0 Å². The number of anilines is 1. The molecule has 0 amide bonds. The number of aromatic nitrogens is 1. The van der Waals surface area contributed by atoms with E-state index in [1.165, 1.54) is 0 Å². The average molecular weight is 202 g/mol. The minimum atomic E-state index is 0.477. The first-order valence-corrected chi connectivity index (χ1v) is 5.12. The lowest BCUT2D eigenvalue weighted by molar-refractivity contribution is 0.503. The van der Waals surface area contributed by atoms with Gasteiger partial charge in [-0.05, 0) is 6.42 Å². The summed E-state index contributed by atoms with van der Waals surface area (Å²) in [6.45, 7) is 2.09. The molecular weight excluding hydrogens is 188 g/mol. The van der Waals surface area contributed by atoms with Crippen LogP contribution in [0.25, 0.3) is 11.3 Å². The van der Waals surface area contributed by atoms with Gasteiger partial charge in [-0.2, -0.15) is 4.98 Å². The topological polar surface area (TPSA) is 52.0 Å². The van der Waals surface area contributed by atoms with Crippen molar-refractivity contribution in [1.29, 1.82) is 0 Å². The quantitative estimate of drug-likeness (QED) is 0.832. The van der Waals surface area contributed by atoms with E-state index in [9.17, 15) is 0 Å². The molecule has 15 heavy (non-hydrogen) atoms. The zero-order valence-corrected chi connectivity index (χ0v) is 8.73. The van der Waals surface area contributed by atoms with Gasteiger partial charge in [-0.3, -0.25) is 0 Å². The first-order valence-electron chi connectivity index (χ1n) is 5.12. The molecule has 1 heterocycles. The van der Waals surface area contributed by atoms with Gasteiger partial charge in [-0.15, -0.1) is 0 Å². The summed E-state index contributed by atoms with van der Waals surface area (Å²) in [5.74, 6) is 1.87. The largest absolute Gasteiger partial charge is 0.438 e. The van der Waals surface area contributed by atoms with Gasteiger partial charge in [-0.1, -0.05) is 37.3 Å². The molecule has 0 atom stereocenters. The molecule has 0 aliphatic rings. The van der Waals surface area contributed by atoms with Crippen LogP contribution >= 0.6 is 0 Å². The molecule has 2 rings (SSSR count). The molecule has 2 aromatic rings. The van der Waals surface area contributed by atoms with Gasteiger partial charge in [0, 0.05) is 12.0 Å². The third kappa shape index (κ3) is 2.01.